The van der Waals surface area contributed by atoms with Crippen LogP contribution >= 0.6 is 0 Å². The second kappa shape index (κ2) is 9.40. The summed E-state index contributed by atoms with van der Waals surface area (Å²) in [4.78, 5) is 27.6. The minimum atomic E-state index is -0.630. The molecule has 1 N–H and O–H groups in total. The number of benzene rings is 2. The number of ether oxygens (including phenoxy) is 1. The molecule has 5 nitrogen and oxygen atoms in total. The van der Waals surface area contributed by atoms with Gasteiger partial charge in [-0.1, -0.05) is 49.4 Å². The van der Waals surface area contributed by atoms with Crippen molar-refractivity contribution < 1.29 is 14.3 Å². The van der Waals surface area contributed by atoms with Gasteiger partial charge >= 0.3 is 0 Å². The number of hydrogen-bond acceptors (Lipinski definition) is 3. The zero-order valence-corrected chi connectivity index (χ0v) is 16.6. The lowest BCUT2D eigenvalue weighted by molar-refractivity contribution is -0.135. The predicted octanol–water partition coefficient (Wildman–Crippen LogP) is 3.67. The van der Waals surface area contributed by atoms with Crippen molar-refractivity contribution in [3.05, 3.63) is 65.7 Å². The number of carbonyl (C=O) groups is 2. The molecule has 1 heterocycles. The fourth-order valence-corrected chi connectivity index (χ4v) is 3.60. The van der Waals surface area contributed by atoms with E-state index in [4.69, 9.17) is 4.74 Å². The van der Waals surface area contributed by atoms with Crippen LogP contribution in [0.1, 0.15) is 49.3 Å². The van der Waals surface area contributed by atoms with Crippen molar-refractivity contribution in [3.8, 4) is 5.75 Å². The van der Waals surface area contributed by atoms with Gasteiger partial charge in [-0.05, 0) is 42.0 Å². The minimum Gasteiger partial charge on any atom is -0.497 e. The molecule has 1 aliphatic rings. The van der Waals surface area contributed by atoms with Crippen LogP contribution in [0.3, 0.4) is 0 Å². The number of hydrogen-bond donors (Lipinski definition) is 1. The summed E-state index contributed by atoms with van der Waals surface area (Å²) in [6, 6.07) is 16.6. The average molecular weight is 380 g/mol. The average Bonchev–Trinajstić information content (AvgIpc) is 3.27. The van der Waals surface area contributed by atoms with Gasteiger partial charge in [-0.3, -0.25) is 9.59 Å². The largest absolute Gasteiger partial charge is 0.497 e. The van der Waals surface area contributed by atoms with Crippen molar-refractivity contribution in [2.45, 2.75) is 38.1 Å². The van der Waals surface area contributed by atoms with Crippen LogP contribution in [-0.2, 0) is 9.59 Å². The van der Waals surface area contributed by atoms with Crippen LogP contribution < -0.4 is 10.1 Å². The third-order valence-electron chi connectivity index (χ3n) is 5.28. The molecule has 0 spiro atoms. The molecule has 2 amide bonds. The Morgan fingerprint density at radius 3 is 2.25 bits per heavy atom. The van der Waals surface area contributed by atoms with Crippen LogP contribution in [0.5, 0.6) is 5.75 Å². The van der Waals surface area contributed by atoms with Gasteiger partial charge in [-0.15, -0.1) is 0 Å². The first kappa shape index (κ1) is 19.9. The summed E-state index contributed by atoms with van der Waals surface area (Å²) in [5.74, 6) is 0.698. The van der Waals surface area contributed by atoms with E-state index in [0.29, 0.717) is 6.42 Å². The van der Waals surface area contributed by atoms with E-state index in [1.807, 2.05) is 66.4 Å². The van der Waals surface area contributed by atoms with Crippen molar-refractivity contribution >= 4 is 11.8 Å². The third kappa shape index (κ3) is 4.91. The summed E-state index contributed by atoms with van der Waals surface area (Å²) in [5.41, 5.74) is 1.89. The summed E-state index contributed by atoms with van der Waals surface area (Å²) in [6.45, 7) is 3.54. The molecule has 0 radical (unpaired) electrons. The molecular formula is C23H28N2O3. The maximum atomic E-state index is 13.0. The van der Waals surface area contributed by atoms with E-state index in [9.17, 15) is 9.59 Å². The first-order valence-electron chi connectivity index (χ1n) is 9.85. The molecule has 3 rings (SSSR count). The zero-order valence-electron chi connectivity index (χ0n) is 16.6. The molecule has 1 fully saturated rings. The van der Waals surface area contributed by atoms with Crippen molar-refractivity contribution in [2.24, 2.45) is 0 Å². The van der Waals surface area contributed by atoms with Crippen LogP contribution in [-0.4, -0.2) is 36.9 Å². The van der Waals surface area contributed by atoms with E-state index in [2.05, 4.69) is 5.32 Å². The SMILES string of the molecule is COc1ccc(C(C)CC(=O)N[C@H](C(=O)N2CCCC2)c2ccccc2)cc1. The van der Waals surface area contributed by atoms with Crippen LogP contribution in [0.2, 0.25) is 0 Å². The predicted molar refractivity (Wildman–Crippen MR) is 109 cm³/mol. The van der Waals surface area contributed by atoms with Crippen molar-refractivity contribution in [2.75, 3.05) is 20.2 Å². The zero-order chi connectivity index (χ0) is 19.9. The van der Waals surface area contributed by atoms with Crippen LogP contribution in [0.4, 0.5) is 0 Å². The Morgan fingerprint density at radius 1 is 1.00 bits per heavy atom. The van der Waals surface area contributed by atoms with Crippen molar-refractivity contribution in [3.63, 3.8) is 0 Å². The fraction of sp³-hybridized carbons (Fsp3) is 0.391. The quantitative estimate of drug-likeness (QED) is 0.797. The van der Waals surface area contributed by atoms with E-state index in [0.717, 1.165) is 42.8 Å². The maximum absolute atomic E-state index is 13.0. The Morgan fingerprint density at radius 2 is 1.64 bits per heavy atom. The number of methoxy groups -OCH3 is 1. The number of carbonyl (C=O) groups excluding carboxylic acids is 2. The molecule has 28 heavy (non-hydrogen) atoms. The Kier molecular flexibility index (Phi) is 6.69. The highest BCUT2D eigenvalue weighted by Crippen LogP contribution is 2.24. The highest BCUT2D eigenvalue weighted by Gasteiger charge is 2.29. The number of likely N-dealkylation sites (tertiary alicyclic amines) is 1. The van der Waals surface area contributed by atoms with Gasteiger partial charge in [0.1, 0.15) is 11.8 Å². The van der Waals surface area contributed by atoms with Gasteiger partial charge in [0, 0.05) is 19.5 Å². The molecule has 1 aliphatic heterocycles. The van der Waals surface area contributed by atoms with Gasteiger partial charge in [-0.2, -0.15) is 0 Å². The molecule has 2 atom stereocenters. The molecule has 2 aromatic carbocycles. The molecule has 148 valence electrons. The Bertz CT molecular complexity index is 783. The summed E-state index contributed by atoms with van der Waals surface area (Å²) in [5, 5.41) is 2.98. The van der Waals surface area contributed by atoms with E-state index in [1.54, 1.807) is 7.11 Å². The number of nitrogens with one attached hydrogen (secondary N) is 1. The molecule has 0 saturated carbocycles. The van der Waals surface area contributed by atoms with Gasteiger partial charge in [0.05, 0.1) is 7.11 Å². The Hall–Kier alpha value is -2.82. The summed E-state index contributed by atoms with van der Waals surface area (Å²) < 4.78 is 5.19. The lowest BCUT2D eigenvalue weighted by Gasteiger charge is -2.25. The fourth-order valence-electron chi connectivity index (χ4n) is 3.60. The number of amides is 2. The first-order chi connectivity index (χ1) is 13.6. The summed E-state index contributed by atoms with van der Waals surface area (Å²) >= 11 is 0. The van der Waals surface area contributed by atoms with Crippen molar-refractivity contribution in [1.82, 2.24) is 10.2 Å². The second-order valence-corrected chi connectivity index (χ2v) is 7.32. The lowest BCUT2D eigenvalue weighted by atomic mass is 9.96. The van der Waals surface area contributed by atoms with Crippen molar-refractivity contribution in [1.29, 1.82) is 0 Å². The number of nitrogens with zero attached hydrogens (tertiary/aromatic N) is 1. The third-order valence-corrected chi connectivity index (χ3v) is 5.28. The topological polar surface area (TPSA) is 58.6 Å². The van der Waals surface area contributed by atoms with E-state index in [-0.39, 0.29) is 17.7 Å². The second-order valence-electron chi connectivity index (χ2n) is 7.32. The van der Waals surface area contributed by atoms with Crippen LogP contribution in [0.25, 0.3) is 0 Å². The smallest absolute Gasteiger partial charge is 0.249 e. The molecular weight excluding hydrogens is 352 g/mol. The van der Waals surface area contributed by atoms with E-state index < -0.39 is 6.04 Å². The number of rotatable bonds is 7. The van der Waals surface area contributed by atoms with E-state index in [1.165, 1.54) is 0 Å². The minimum absolute atomic E-state index is 0.0193. The summed E-state index contributed by atoms with van der Waals surface area (Å²) in [7, 11) is 1.63. The molecule has 1 saturated heterocycles. The lowest BCUT2D eigenvalue weighted by Crippen LogP contribution is -2.42. The standard InChI is InChI=1S/C23H28N2O3/c1-17(18-10-12-20(28-2)13-11-18)16-21(26)24-22(19-8-4-3-5-9-19)23(27)25-14-6-7-15-25/h3-5,8-13,17,22H,6-7,14-16H2,1-2H3,(H,24,26)/t17?,22-/m0/s1. The maximum Gasteiger partial charge on any atom is 0.249 e. The van der Waals surface area contributed by atoms with Gasteiger partial charge in [0.25, 0.3) is 0 Å². The highest BCUT2D eigenvalue weighted by atomic mass is 16.5. The highest BCUT2D eigenvalue weighted by molar-refractivity contribution is 5.89. The monoisotopic (exact) mass is 380 g/mol. The normalized spacial score (nSPS) is 15.7. The van der Waals surface area contributed by atoms with Gasteiger partial charge in [-0.25, -0.2) is 0 Å². The molecule has 5 heteroatoms. The first-order valence-corrected chi connectivity index (χ1v) is 9.85. The molecule has 0 bridgehead atoms. The molecule has 1 unspecified atom stereocenters. The van der Waals surface area contributed by atoms with Gasteiger partial charge < -0.3 is 15.0 Å². The van der Waals surface area contributed by atoms with Crippen LogP contribution in [0, 0.1) is 0 Å². The van der Waals surface area contributed by atoms with Crippen LogP contribution in [0.15, 0.2) is 54.6 Å². The molecule has 0 aromatic heterocycles. The Balaban J connectivity index is 1.68. The van der Waals surface area contributed by atoms with Gasteiger partial charge in [0.2, 0.25) is 11.8 Å². The molecule has 2 aromatic rings. The Labute approximate surface area is 166 Å². The van der Waals surface area contributed by atoms with E-state index >= 15 is 0 Å². The molecule has 0 aliphatic carbocycles. The van der Waals surface area contributed by atoms with Gasteiger partial charge in [0.15, 0.2) is 0 Å². The summed E-state index contributed by atoms with van der Waals surface area (Å²) in [6.07, 6.45) is 2.37.